The van der Waals surface area contributed by atoms with E-state index in [2.05, 4.69) is 15.5 Å². The van der Waals surface area contributed by atoms with Gasteiger partial charge < -0.3 is 4.90 Å². The Morgan fingerprint density at radius 1 is 1.04 bits per heavy atom. The number of tetrazole rings is 1. The van der Waals surface area contributed by atoms with E-state index < -0.39 is 0 Å². The third-order valence-electron chi connectivity index (χ3n) is 4.90. The molecule has 1 amide bonds. The fourth-order valence-electron chi connectivity index (χ4n) is 3.62. The first kappa shape index (κ1) is 16.4. The molecule has 0 radical (unpaired) electrons. The highest BCUT2D eigenvalue weighted by Crippen LogP contribution is 2.29. The summed E-state index contributed by atoms with van der Waals surface area (Å²) in [6, 6.07) is 18.1. The first-order valence-corrected chi connectivity index (χ1v) is 9.01. The van der Waals surface area contributed by atoms with Crippen molar-refractivity contribution in [3.8, 4) is 5.69 Å². The zero-order chi connectivity index (χ0) is 17.8. The van der Waals surface area contributed by atoms with E-state index in [4.69, 9.17) is 0 Å². The van der Waals surface area contributed by atoms with E-state index >= 15 is 0 Å². The molecule has 6 nitrogen and oxygen atoms in total. The van der Waals surface area contributed by atoms with Crippen molar-refractivity contribution in [1.82, 2.24) is 20.2 Å². The van der Waals surface area contributed by atoms with E-state index in [0.717, 1.165) is 29.8 Å². The maximum Gasteiger partial charge on any atom is 0.231 e. The van der Waals surface area contributed by atoms with Gasteiger partial charge in [0, 0.05) is 11.7 Å². The number of carbonyl (C=O) groups excluding carboxylic acids is 1. The van der Waals surface area contributed by atoms with Crippen LogP contribution in [0.25, 0.3) is 5.69 Å². The number of para-hydroxylation sites is 1. The normalized spacial score (nSPS) is 14.5. The molecule has 0 saturated heterocycles. The summed E-state index contributed by atoms with van der Waals surface area (Å²) in [5.41, 5.74) is 2.86. The van der Waals surface area contributed by atoms with Gasteiger partial charge in [0.05, 0.1) is 12.1 Å². The third-order valence-corrected chi connectivity index (χ3v) is 4.90. The van der Waals surface area contributed by atoms with Crippen LogP contribution in [0.5, 0.6) is 0 Å². The lowest BCUT2D eigenvalue weighted by atomic mass is 10.1. The fraction of sp³-hybridized carbons (Fsp3) is 0.300. The lowest BCUT2D eigenvalue weighted by molar-refractivity contribution is -0.118. The quantitative estimate of drug-likeness (QED) is 0.711. The lowest BCUT2D eigenvalue weighted by Crippen LogP contribution is -2.40. The van der Waals surface area contributed by atoms with Crippen LogP contribution in [0, 0.1) is 0 Å². The Kier molecular flexibility index (Phi) is 4.73. The topological polar surface area (TPSA) is 63.9 Å². The molecule has 0 bridgehead atoms. The van der Waals surface area contributed by atoms with E-state index in [9.17, 15) is 4.79 Å². The average molecular weight is 347 g/mol. The molecule has 1 aliphatic carbocycles. The van der Waals surface area contributed by atoms with E-state index in [0.29, 0.717) is 12.5 Å². The minimum Gasteiger partial charge on any atom is -0.309 e. The van der Waals surface area contributed by atoms with Crippen LogP contribution in [0.1, 0.15) is 31.2 Å². The molecule has 1 aliphatic rings. The second-order valence-corrected chi connectivity index (χ2v) is 6.64. The Labute approximate surface area is 152 Å². The Hall–Kier alpha value is -3.02. The van der Waals surface area contributed by atoms with Gasteiger partial charge in [-0.2, -0.15) is 0 Å². The van der Waals surface area contributed by atoms with Crippen molar-refractivity contribution in [3.05, 3.63) is 66.5 Å². The number of carbonyl (C=O) groups is 1. The van der Waals surface area contributed by atoms with E-state index in [-0.39, 0.29) is 5.91 Å². The maximum absolute atomic E-state index is 13.1. The summed E-state index contributed by atoms with van der Waals surface area (Å²) in [7, 11) is 0. The molecular formula is C20H21N5O. The molecule has 6 heteroatoms. The van der Waals surface area contributed by atoms with Crippen LogP contribution in [0.15, 0.2) is 60.9 Å². The molecule has 2 aromatic carbocycles. The average Bonchev–Trinajstić information content (AvgIpc) is 3.38. The van der Waals surface area contributed by atoms with E-state index in [1.807, 2.05) is 59.5 Å². The highest BCUT2D eigenvalue weighted by molar-refractivity contribution is 5.95. The van der Waals surface area contributed by atoms with Crippen LogP contribution < -0.4 is 4.90 Å². The SMILES string of the molecule is O=C(Cc1ccc(-n2cnnn2)cc1)N(c1ccccc1)C1CCCC1. The van der Waals surface area contributed by atoms with E-state index in [1.165, 1.54) is 12.8 Å². The lowest BCUT2D eigenvalue weighted by Gasteiger charge is -2.29. The van der Waals surface area contributed by atoms with Gasteiger partial charge >= 0.3 is 0 Å². The van der Waals surface area contributed by atoms with Gasteiger partial charge in [-0.05, 0) is 53.1 Å². The summed E-state index contributed by atoms with van der Waals surface area (Å²) in [5.74, 6) is 0.151. The van der Waals surface area contributed by atoms with Crippen molar-refractivity contribution in [2.75, 3.05) is 4.90 Å². The highest BCUT2D eigenvalue weighted by Gasteiger charge is 2.27. The molecule has 0 unspecified atom stereocenters. The summed E-state index contributed by atoms with van der Waals surface area (Å²) < 4.78 is 1.60. The van der Waals surface area contributed by atoms with Crippen molar-refractivity contribution in [1.29, 1.82) is 0 Å². The predicted molar refractivity (Wildman–Crippen MR) is 99.0 cm³/mol. The molecule has 1 fully saturated rings. The van der Waals surface area contributed by atoms with E-state index in [1.54, 1.807) is 11.0 Å². The highest BCUT2D eigenvalue weighted by atomic mass is 16.2. The fourth-order valence-corrected chi connectivity index (χ4v) is 3.62. The summed E-state index contributed by atoms with van der Waals surface area (Å²) in [5, 5.41) is 11.2. The van der Waals surface area contributed by atoms with Crippen LogP contribution in [0.3, 0.4) is 0 Å². The molecule has 0 aliphatic heterocycles. The van der Waals surface area contributed by atoms with Crippen LogP contribution in [-0.2, 0) is 11.2 Å². The van der Waals surface area contributed by atoms with Crippen LogP contribution >= 0.6 is 0 Å². The van der Waals surface area contributed by atoms with Gasteiger partial charge in [-0.15, -0.1) is 5.10 Å². The summed E-state index contributed by atoms with van der Waals surface area (Å²) >= 11 is 0. The number of benzene rings is 2. The number of hydrogen-bond donors (Lipinski definition) is 0. The largest absolute Gasteiger partial charge is 0.309 e. The molecule has 132 valence electrons. The first-order valence-electron chi connectivity index (χ1n) is 9.01. The zero-order valence-electron chi connectivity index (χ0n) is 14.5. The minimum absolute atomic E-state index is 0.151. The molecular weight excluding hydrogens is 326 g/mol. The van der Waals surface area contributed by atoms with Crippen LogP contribution in [0.2, 0.25) is 0 Å². The number of nitrogens with zero attached hydrogens (tertiary/aromatic N) is 5. The Bertz CT molecular complexity index is 840. The van der Waals surface area contributed by atoms with Crippen molar-refractivity contribution < 1.29 is 4.79 Å². The monoisotopic (exact) mass is 347 g/mol. The van der Waals surface area contributed by atoms with Crippen molar-refractivity contribution in [2.45, 2.75) is 38.1 Å². The van der Waals surface area contributed by atoms with Crippen molar-refractivity contribution in [2.24, 2.45) is 0 Å². The third kappa shape index (κ3) is 3.49. The molecule has 4 rings (SSSR count). The van der Waals surface area contributed by atoms with Gasteiger partial charge in [-0.1, -0.05) is 43.2 Å². The summed E-state index contributed by atoms with van der Waals surface area (Å²) in [6.07, 6.45) is 6.50. The molecule has 1 aromatic heterocycles. The number of anilines is 1. The standard InChI is InChI=1S/C20H21N5O/c26-20(14-16-10-12-17(13-11-16)24-15-21-22-23-24)25(19-8-4-5-9-19)18-6-2-1-3-7-18/h1-3,6-7,10-13,15,19H,4-5,8-9,14H2. The second kappa shape index (κ2) is 7.47. The zero-order valence-corrected chi connectivity index (χ0v) is 14.5. The Balaban J connectivity index is 1.52. The molecule has 26 heavy (non-hydrogen) atoms. The molecule has 0 atom stereocenters. The number of aromatic nitrogens is 4. The van der Waals surface area contributed by atoms with Gasteiger partial charge in [0.1, 0.15) is 6.33 Å². The van der Waals surface area contributed by atoms with Crippen molar-refractivity contribution >= 4 is 11.6 Å². The smallest absolute Gasteiger partial charge is 0.231 e. The predicted octanol–water partition coefficient (Wildman–Crippen LogP) is 3.18. The minimum atomic E-state index is 0.151. The molecule has 1 heterocycles. The van der Waals surface area contributed by atoms with Gasteiger partial charge in [-0.25, -0.2) is 4.68 Å². The summed E-state index contributed by atoms with van der Waals surface area (Å²) in [4.78, 5) is 15.1. The Morgan fingerprint density at radius 2 is 1.77 bits per heavy atom. The van der Waals surface area contributed by atoms with Gasteiger partial charge in [0.25, 0.3) is 0 Å². The molecule has 0 N–H and O–H groups in total. The van der Waals surface area contributed by atoms with Gasteiger partial charge in [-0.3, -0.25) is 4.79 Å². The van der Waals surface area contributed by atoms with Crippen molar-refractivity contribution in [3.63, 3.8) is 0 Å². The van der Waals surface area contributed by atoms with Gasteiger partial charge in [0.15, 0.2) is 0 Å². The second-order valence-electron chi connectivity index (χ2n) is 6.64. The van der Waals surface area contributed by atoms with Gasteiger partial charge in [0.2, 0.25) is 5.91 Å². The Morgan fingerprint density at radius 3 is 2.42 bits per heavy atom. The van der Waals surface area contributed by atoms with Crippen LogP contribution in [0.4, 0.5) is 5.69 Å². The number of hydrogen-bond acceptors (Lipinski definition) is 4. The molecule has 3 aromatic rings. The maximum atomic E-state index is 13.1. The first-order chi connectivity index (χ1) is 12.8. The van der Waals surface area contributed by atoms with Crippen LogP contribution in [-0.4, -0.2) is 32.2 Å². The summed E-state index contributed by atoms with van der Waals surface area (Å²) in [6.45, 7) is 0. The molecule has 0 spiro atoms. The molecule has 1 saturated carbocycles. The number of amides is 1. The number of rotatable bonds is 5.